The number of hydrogen-bond acceptors (Lipinski definition) is 4. The summed E-state index contributed by atoms with van der Waals surface area (Å²) in [5.41, 5.74) is 4.20. The van der Waals surface area contributed by atoms with Crippen molar-refractivity contribution in [2.24, 2.45) is 0 Å². The van der Waals surface area contributed by atoms with Gasteiger partial charge in [0.15, 0.2) is 5.82 Å². The van der Waals surface area contributed by atoms with E-state index in [1.54, 1.807) is 35.3 Å². The fourth-order valence-corrected chi connectivity index (χ4v) is 3.61. The molecule has 158 valence electrons. The minimum absolute atomic E-state index is 0.248. The Morgan fingerprint density at radius 1 is 1.12 bits per heavy atom. The normalized spacial score (nSPS) is 11.1. The minimum Gasteiger partial charge on any atom is -0.338 e. The van der Waals surface area contributed by atoms with E-state index in [4.69, 9.17) is 0 Å². The van der Waals surface area contributed by atoms with Crippen molar-refractivity contribution < 1.29 is 9.18 Å². The third kappa shape index (κ3) is 3.62. The van der Waals surface area contributed by atoms with Crippen molar-refractivity contribution in [1.82, 2.24) is 24.7 Å². The van der Waals surface area contributed by atoms with Crippen molar-refractivity contribution in [2.45, 2.75) is 13.3 Å². The molecule has 2 aromatic carbocycles. The van der Waals surface area contributed by atoms with Crippen LogP contribution < -0.4 is 5.32 Å². The number of H-pyrrole nitrogens is 1. The molecule has 0 fully saturated rings. The molecule has 2 N–H and O–H groups in total. The molecular formula is C24H19FN6O. The summed E-state index contributed by atoms with van der Waals surface area (Å²) >= 11 is 0. The summed E-state index contributed by atoms with van der Waals surface area (Å²) in [5, 5.41) is 7.30. The highest BCUT2D eigenvalue weighted by Gasteiger charge is 2.18. The van der Waals surface area contributed by atoms with Gasteiger partial charge in [0.05, 0.1) is 28.5 Å². The summed E-state index contributed by atoms with van der Waals surface area (Å²) in [7, 11) is 0. The van der Waals surface area contributed by atoms with E-state index in [0.29, 0.717) is 29.3 Å². The highest BCUT2D eigenvalue weighted by atomic mass is 19.1. The lowest BCUT2D eigenvalue weighted by Gasteiger charge is -2.08. The fraction of sp³-hybridized carbons (Fsp3) is 0.0833. The van der Waals surface area contributed by atoms with Gasteiger partial charge in [0.1, 0.15) is 11.6 Å². The summed E-state index contributed by atoms with van der Waals surface area (Å²) in [6.07, 6.45) is 3.88. The van der Waals surface area contributed by atoms with Crippen LogP contribution in [0.2, 0.25) is 0 Å². The molecule has 0 saturated carbocycles. The van der Waals surface area contributed by atoms with Gasteiger partial charge in [-0.3, -0.25) is 4.79 Å². The van der Waals surface area contributed by atoms with Gasteiger partial charge in [-0.15, -0.1) is 0 Å². The molecule has 32 heavy (non-hydrogen) atoms. The molecule has 0 spiro atoms. The Morgan fingerprint density at radius 3 is 2.72 bits per heavy atom. The van der Waals surface area contributed by atoms with E-state index in [-0.39, 0.29) is 11.7 Å². The zero-order chi connectivity index (χ0) is 22.1. The Hall–Kier alpha value is -4.33. The molecule has 3 aromatic heterocycles. The molecule has 0 saturated heterocycles. The van der Waals surface area contributed by atoms with Gasteiger partial charge in [-0.1, -0.05) is 13.0 Å². The first-order valence-electron chi connectivity index (χ1n) is 10.2. The number of aromatic amines is 1. The lowest BCUT2D eigenvalue weighted by molar-refractivity contribution is 0.102. The number of halogens is 1. The average Bonchev–Trinajstić information content (AvgIpc) is 3.44. The SMILES string of the molecule is CCc1c(C(=O)Nc2ccc3nc(-c4ccc(F)cc4)[nH]c3c2)cnn1-c1ccccn1. The van der Waals surface area contributed by atoms with E-state index in [1.165, 1.54) is 12.1 Å². The molecule has 1 amide bonds. The standard InChI is InChI=1S/C24H19FN6O/c1-2-21-18(14-27-31(21)22-5-3-4-12-26-22)24(32)28-17-10-11-19-20(13-17)30-23(29-19)15-6-8-16(25)9-7-15/h3-14H,2H2,1H3,(H,28,32)(H,29,30). The van der Waals surface area contributed by atoms with Crippen LogP contribution in [0.15, 0.2) is 73.1 Å². The molecule has 0 radical (unpaired) electrons. The van der Waals surface area contributed by atoms with Crippen molar-refractivity contribution in [3.05, 3.63) is 90.1 Å². The van der Waals surface area contributed by atoms with Crippen LogP contribution in [0.5, 0.6) is 0 Å². The van der Waals surface area contributed by atoms with Crippen LogP contribution in [0.3, 0.4) is 0 Å². The Morgan fingerprint density at radius 2 is 1.97 bits per heavy atom. The number of carbonyl (C=O) groups is 1. The molecule has 3 heterocycles. The van der Waals surface area contributed by atoms with Gasteiger partial charge >= 0.3 is 0 Å². The van der Waals surface area contributed by atoms with Gasteiger partial charge in [-0.25, -0.2) is 19.0 Å². The van der Waals surface area contributed by atoms with Crippen LogP contribution in [0.4, 0.5) is 10.1 Å². The highest BCUT2D eigenvalue weighted by molar-refractivity contribution is 6.05. The summed E-state index contributed by atoms with van der Waals surface area (Å²) in [5.74, 6) is 0.748. The molecule has 7 nitrogen and oxygen atoms in total. The largest absolute Gasteiger partial charge is 0.338 e. The average molecular weight is 426 g/mol. The van der Waals surface area contributed by atoms with E-state index < -0.39 is 0 Å². The lowest BCUT2D eigenvalue weighted by Crippen LogP contribution is -2.14. The van der Waals surface area contributed by atoms with Gasteiger partial charge in [0.25, 0.3) is 5.91 Å². The van der Waals surface area contributed by atoms with Crippen LogP contribution in [0.1, 0.15) is 23.0 Å². The van der Waals surface area contributed by atoms with E-state index in [9.17, 15) is 9.18 Å². The van der Waals surface area contributed by atoms with Crippen LogP contribution in [-0.2, 0) is 6.42 Å². The summed E-state index contributed by atoms with van der Waals surface area (Å²) in [4.78, 5) is 25.1. The van der Waals surface area contributed by atoms with Gasteiger partial charge in [0.2, 0.25) is 0 Å². The van der Waals surface area contributed by atoms with E-state index in [1.807, 2.05) is 37.3 Å². The molecule has 0 unspecified atom stereocenters. The molecule has 0 aliphatic carbocycles. The third-order valence-corrected chi connectivity index (χ3v) is 5.17. The van der Waals surface area contributed by atoms with Crippen molar-refractivity contribution in [3.8, 4) is 17.2 Å². The number of nitrogens with zero attached hydrogens (tertiary/aromatic N) is 4. The molecule has 0 bridgehead atoms. The number of nitrogens with one attached hydrogen (secondary N) is 2. The smallest absolute Gasteiger partial charge is 0.259 e. The van der Waals surface area contributed by atoms with E-state index >= 15 is 0 Å². The predicted molar refractivity (Wildman–Crippen MR) is 120 cm³/mol. The summed E-state index contributed by atoms with van der Waals surface area (Å²) in [6.45, 7) is 1.97. The second-order valence-electron chi connectivity index (χ2n) is 7.24. The Balaban J connectivity index is 1.41. The number of pyridine rings is 1. The maximum absolute atomic E-state index is 13.2. The van der Waals surface area contributed by atoms with Crippen molar-refractivity contribution in [1.29, 1.82) is 0 Å². The maximum Gasteiger partial charge on any atom is 0.259 e. The molecule has 0 atom stereocenters. The van der Waals surface area contributed by atoms with Crippen LogP contribution in [0.25, 0.3) is 28.2 Å². The second-order valence-corrected chi connectivity index (χ2v) is 7.24. The number of imidazole rings is 1. The number of hydrogen-bond donors (Lipinski definition) is 2. The maximum atomic E-state index is 13.2. The number of amides is 1. The monoisotopic (exact) mass is 426 g/mol. The minimum atomic E-state index is -0.298. The van der Waals surface area contributed by atoms with E-state index in [2.05, 4.69) is 25.4 Å². The predicted octanol–water partition coefficient (Wildman–Crippen LogP) is 4.76. The first kappa shape index (κ1) is 19.6. The molecule has 0 aliphatic rings. The van der Waals surface area contributed by atoms with Gasteiger partial charge in [-0.05, 0) is 61.0 Å². The first-order chi connectivity index (χ1) is 15.6. The number of carbonyl (C=O) groups excluding carboxylic acids is 1. The summed E-state index contributed by atoms with van der Waals surface area (Å²) in [6, 6.07) is 17.1. The van der Waals surface area contributed by atoms with Gasteiger partial charge in [-0.2, -0.15) is 5.10 Å². The molecule has 0 aliphatic heterocycles. The third-order valence-electron chi connectivity index (χ3n) is 5.17. The Bertz CT molecular complexity index is 1410. The highest BCUT2D eigenvalue weighted by Crippen LogP contribution is 2.24. The second kappa shape index (κ2) is 8.07. The topological polar surface area (TPSA) is 88.5 Å². The molecular weight excluding hydrogens is 407 g/mol. The molecule has 5 rings (SSSR count). The van der Waals surface area contributed by atoms with Crippen LogP contribution in [-0.4, -0.2) is 30.6 Å². The fourth-order valence-electron chi connectivity index (χ4n) is 3.61. The van der Waals surface area contributed by atoms with Gasteiger partial charge in [0, 0.05) is 17.4 Å². The first-order valence-corrected chi connectivity index (χ1v) is 10.2. The van der Waals surface area contributed by atoms with Crippen molar-refractivity contribution in [3.63, 3.8) is 0 Å². The van der Waals surface area contributed by atoms with Crippen molar-refractivity contribution in [2.75, 3.05) is 5.32 Å². The van der Waals surface area contributed by atoms with Crippen LogP contribution >= 0.6 is 0 Å². The van der Waals surface area contributed by atoms with E-state index in [0.717, 1.165) is 22.3 Å². The zero-order valence-electron chi connectivity index (χ0n) is 17.2. The number of rotatable bonds is 5. The number of fused-ring (bicyclic) bond motifs is 1. The lowest BCUT2D eigenvalue weighted by atomic mass is 10.2. The quantitative estimate of drug-likeness (QED) is 0.424. The number of benzene rings is 2. The van der Waals surface area contributed by atoms with Crippen LogP contribution in [0, 0.1) is 5.82 Å². The molecule has 5 aromatic rings. The number of aromatic nitrogens is 5. The zero-order valence-corrected chi connectivity index (χ0v) is 17.2. The Kier molecular flexibility index (Phi) is 4.95. The van der Waals surface area contributed by atoms with Gasteiger partial charge < -0.3 is 10.3 Å². The Labute approximate surface area is 183 Å². The van der Waals surface area contributed by atoms with Crippen molar-refractivity contribution >= 4 is 22.6 Å². The molecule has 8 heteroatoms. The summed E-state index contributed by atoms with van der Waals surface area (Å²) < 4.78 is 14.9. The number of anilines is 1.